The molecular formula is C20H25N3O4S. The first-order chi connectivity index (χ1) is 13.5. The van der Waals surface area contributed by atoms with Crippen LogP contribution in [0.2, 0.25) is 0 Å². The minimum absolute atomic E-state index is 0.0650. The molecule has 1 aliphatic rings. The average Bonchev–Trinajstić information content (AvgIpc) is 2.73. The van der Waals surface area contributed by atoms with E-state index in [2.05, 4.69) is 27.1 Å². The Morgan fingerprint density at radius 1 is 1.07 bits per heavy atom. The van der Waals surface area contributed by atoms with Gasteiger partial charge in [0.2, 0.25) is 10.0 Å². The zero-order chi connectivity index (χ0) is 20.0. The SMILES string of the molecule is CNS(=O)(=O)c1cccc(C(=O)NCc2cccc(CN3CCOCC3)c2)c1. The van der Waals surface area contributed by atoms with Gasteiger partial charge >= 0.3 is 0 Å². The molecule has 8 heteroatoms. The van der Waals surface area contributed by atoms with E-state index in [4.69, 9.17) is 4.74 Å². The summed E-state index contributed by atoms with van der Waals surface area (Å²) in [5.41, 5.74) is 2.50. The molecule has 0 unspecified atom stereocenters. The van der Waals surface area contributed by atoms with Gasteiger partial charge in [-0.3, -0.25) is 9.69 Å². The number of rotatable bonds is 7. The molecular weight excluding hydrogens is 378 g/mol. The lowest BCUT2D eigenvalue weighted by Gasteiger charge is -2.26. The first-order valence-corrected chi connectivity index (χ1v) is 10.7. The van der Waals surface area contributed by atoms with Crippen LogP contribution in [0.4, 0.5) is 0 Å². The van der Waals surface area contributed by atoms with Gasteiger partial charge < -0.3 is 10.1 Å². The highest BCUT2D eigenvalue weighted by molar-refractivity contribution is 7.89. The summed E-state index contributed by atoms with van der Waals surface area (Å²) in [5, 5.41) is 2.86. The first-order valence-electron chi connectivity index (χ1n) is 9.18. The van der Waals surface area contributed by atoms with Crippen molar-refractivity contribution in [3.05, 3.63) is 65.2 Å². The van der Waals surface area contributed by atoms with Crippen LogP contribution in [0.25, 0.3) is 0 Å². The third kappa shape index (κ3) is 5.39. The molecule has 0 aromatic heterocycles. The molecule has 2 N–H and O–H groups in total. The fraction of sp³-hybridized carbons (Fsp3) is 0.350. The van der Waals surface area contributed by atoms with Crippen molar-refractivity contribution in [3.63, 3.8) is 0 Å². The maximum absolute atomic E-state index is 12.4. The minimum Gasteiger partial charge on any atom is -0.379 e. The summed E-state index contributed by atoms with van der Waals surface area (Å²) in [5.74, 6) is -0.313. The van der Waals surface area contributed by atoms with Gasteiger partial charge in [-0.15, -0.1) is 0 Å². The van der Waals surface area contributed by atoms with Crippen LogP contribution < -0.4 is 10.0 Å². The molecule has 150 valence electrons. The van der Waals surface area contributed by atoms with E-state index in [1.54, 1.807) is 12.1 Å². The van der Waals surface area contributed by atoms with Crippen molar-refractivity contribution in [3.8, 4) is 0 Å². The molecule has 1 heterocycles. The second-order valence-corrected chi connectivity index (χ2v) is 8.51. The Morgan fingerprint density at radius 3 is 2.54 bits per heavy atom. The van der Waals surface area contributed by atoms with E-state index < -0.39 is 10.0 Å². The fourth-order valence-electron chi connectivity index (χ4n) is 3.06. The minimum atomic E-state index is -3.58. The van der Waals surface area contributed by atoms with Crippen molar-refractivity contribution in [2.24, 2.45) is 0 Å². The smallest absolute Gasteiger partial charge is 0.251 e. The van der Waals surface area contributed by atoms with Gasteiger partial charge in [0, 0.05) is 31.7 Å². The maximum atomic E-state index is 12.4. The van der Waals surface area contributed by atoms with Crippen LogP contribution in [-0.2, 0) is 27.8 Å². The summed E-state index contributed by atoms with van der Waals surface area (Å²) < 4.78 is 31.4. The van der Waals surface area contributed by atoms with Crippen LogP contribution in [0.15, 0.2) is 53.4 Å². The number of hydrogen-bond donors (Lipinski definition) is 2. The van der Waals surface area contributed by atoms with Crippen LogP contribution in [0, 0.1) is 0 Å². The molecule has 1 fully saturated rings. The average molecular weight is 404 g/mol. The van der Waals surface area contributed by atoms with Crippen LogP contribution >= 0.6 is 0 Å². The number of carbonyl (C=O) groups excluding carboxylic acids is 1. The molecule has 1 amide bonds. The predicted molar refractivity (Wildman–Crippen MR) is 106 cm³/mol. The van der Waals surface area contributed by atoms with E-state index in [-0.39, 0.29) is 10.8 Å². The number of amides is 1. The van der Waals surface area contributed by atoms with E-state index in [0.717, 1.165) is 38.4 Å². The summed E-state index contributed by atoms with van der Waals surface area (Å²) in [6.45, 7) is 4.60. The summed E-state index contributed by atoms with van der Waals surface area (Å²) in [6, 6.07) is 14.1. The first kappa shape index (κ1) is 20.5. The fourth-order valence-corrected chi connectivity index (χ4v) is 3.84. The Kier molecular flexibility index (Phi) is 6.79. The molecule has 1 saturated heterocycles. The summed E-state index contributed by atoms with van der Waals surface area (Å²) in [7, 11) is -2.25. The van der Waals surface area contributed by atoms with Gasteiger partial charge in [0.25, 0.3) is 5.91 Å². The normalized spacial score (nSPS) is 15.3. The molecule has 2 aromatic rings. The lowest BCUT2D eigenvalue weighted by molar-refractivity contribution is 0.0342. The number of nitrogens with zero attached hydrogens (tertiary/aromatic N) is 1. The van der Waals surface area contributed by atoms with Crippen LogP contribution in [0.1, 0.15) is 21.5 Å². The van der Waals surface area contributed by atoms with Crippen LogP contribution in [0.5, 0.6) is 0 Å². The topological polar surface area (TPSA) is 87.7 Å². The largest absolute Gasteiger partial charge is 0.379 e. The van der Waals surface area contributed by atoms with Gasteiger partial charge in [-0.05, 0) is 36.4 Å². The predicted octanol–water partition coefficient (Wildman–Crippen LogP) is 1.36. The Morgan fingerprint density at radius 2 is 1.79 bits per heavy atom. The van der Waals surface area contributed by atoms with Crippen molar-refractivity contribution in [1.82, 2.24) is 14.9 Å². The second kappa shape index (κ2) is 9.29. The van der Waals surface area contributed by atoms with E-state index in [1.165, 1.54) is 24.7 Å². The van der Waals surface area contributed by atoms with E-state index in [1.807, 2.05) is 12.1 Å². The lowest BCUT2D eigenvalue weighted by atomic mass is 10.1. The van der Waals surface area contributed by atoms with Gasteiger partial charge in [0.1, 0.15) is 0 Å². The lowest BCUT2D eigenvalue weighted by Crippen LogP contribution is -2.35. The highest BCUT2D eigenvalue weighted by Crippen LogP contribution is 2.13. The van der Waals surface area contributed by atoms with Gasteiger partial charge in [-0.2, -0.15) is 0 Å². The zero-order valence-electron chi connectivity index (χ0n) is 15.8. The Balaban J connectivity index is 1.62. The Hall–Kier alpha value is -2.26. The number of nitrogens with one attached hydrogen (secondary N) is 2. The van der Waals surface area contributed by atoms with Gasteiger partial charge in [0.15, 0.2) is 0 Å². The number of carbonyl (C=O) groups is 1. The quantitative estimate of drug-likeness (QED) is 0.729. The standard InChI is InChI=1S/C20H25N3O4S/c1-21-28(25,26)19-7-3-6-18(13-19)20(24)22-14-16-4-2-5-17(12-16)15-23-8-10-27-11-9-23/h2-7,12-13,21H,8-11,14-15H2,1H3,(H,22,24). The molecule has 0 bridgehead atoms. The molecule has 3 rings (SSSR count). The highest BCUT2D eigenvalue weighted by Gasteiger charge is 2.14. The van der Waals surface area contributed by atoms with E-state index in [9.17, 15) is 13.2 Å². The van der Waals surface area contributed by atoms with E-state index >= 15 is 0 Å². The number of benzene rings is 2. The Bertz CT molecular complexity index is 925. The number of sulfonamides is 1. The highest BCUT2D eigenvalue weighted by atomic mass is 32.2. The number of hydrogen-bond acceptors (Lipinski definition) is 5. The number of ether oxygens (including phenoxy) is 1. The molecule has 0 radical (unpaired) electrons. The van der Waals surface area contributed by atoms with Gasteiger partial charge in [-0.25, -0.2) is 13.1 Å². The van der Waals surface area contributed by atoms with Crippen molar-refractivity contribution in [2.45, 2.75) is 18.0 Å². The summed E-state index contributed by atoms with van der Waals surface area (Å²) in [4.78, 5) is 14.8. The van der Waals surface area contributed by atoms with Crippen molar-refractivity contribution < 1.29 is 17.9 Å². The van der Waals surface area contributed by atoms with Gasteiger partial charge in [-0.1, -0.05) is 30.3 Å². The molecule has 2 aromatic carbocycles. The van der Waals surface area contributed by atoms with Crippen LogP contribution in [-0.4, -0.2) is 52.6 Å². The molecule has 28 heavy (non-hydrogen) atoms. The van der Waals surface area contributed by atoms with Gasteiger partial charge in [0.05, 0.1) is 18.1 Å². The summed E-state index contributed by atoms with van der Waals surface area (Å²) in [6.07, 6.45) is 0. The maximum Gasteiger partial charge on any atom is 0.251 e. The van der Waals surface area contributed by atoms with Crippen molar-refractivity contribution in [1.29, 1.82) is 0 Å². The molecule has 1 aliphatic heterocycles. The summed E-state index contributed by atoms with van der Waals surface area (Å²) >= 11 is 0. The Labute approximate surface area is 165 Å². The monoisotopic (exact) mass is 403 g/mol. The van der Waals surface area contributed by atoms with Crippen molar-refractivity contribution in [2.75, 3.05) is 33.4 Å². The third-order valence-electron chi connectivity index (χ3n) is 4.63. The number of morpholine rings is 1. The molecule has 0 saturated carbocycles. The zero-order valence-corrected chi connectivity index (χ0v) is 16.7. The second-order valence-electron chi connectivity index (χ2n) is 6.63. The van der Waals surface area contributed by atoms with E-state index in [0.29, 0.717) is 12.1 Å². The molecule has 0 spiro atoms. The third-order valence-corrected chi connectivity index (χ3v) is 6.04. The molecule has 0 aliphatic carbocycles. The molecule has 0 atom stereocenters. The molecule has 7 nitrogen and oxygen atoms in total. The van der Waals surface area contributed by atoms with Crippen molar-refractivity contribution >= 4 is 15.9 Å². The van der Waals surface area contributed by atoms with Crippen LogP contribution in [0.3, 0.4) is 0 Å².